The molecule has 25 heavy (non-hydrogen) atoms. The molecule has 0 spiro atoms. The van der Waals surface area contributed by atoms with E-state index in [4.69, 9.17) is 4.74 Å². The lowest BCUT2D eigenvalue weighted by molar-refractivity contribution is 0.305. The zero-order valence-electron chi connectivity index (χ0n) is 13.6. The molecular formula is C18H17N5O2. The third-order valence-corrected chi connectivity index (χ3v) is 3.49. The van der Waals surface area contributed by atoms with Gasteiger partial charge in [-0.3, -0.25) is 9.78 Å². The van der Waals surface area contributed by atoms with Crippen LogP contribution in [-0.4, -0.2) is 21.4 Å². The van der Waals surface area contributed by atoms with Gasteiger partial charge in [0.15, 0.2) is 0 Å². The quantitative estimate of drug-likeness (QED) is 0.533. The van der Waals surface area contributed by atoms with E-state index in [0.29, 0.717) is 6.61 Å². The van der Waals surface area contributed by atoms with E-state index >= 15 is 0 Å². The number of aromatic nitrogens is 3. The minimum Gasteiger partial charge on any atom is -0.489 e. The van der Waals surface area contributed by atoms with Crippen LogP contribution in [0.4, 0.5) is 5.95 Å². The molecule has 1 aromatic heterocycles. The molecule has 3 aromatic rings. The summed E-state index contributed by atoms with van der Waals surface area (Å²) in [4.78, 5) is 13.5. The average molecular weight is 335 g/mol. The number of benzene rings is 2. The fourth-order valence-electron chi connectivity index (χ4n) is 2.11. The summed E-state index contributed by atoms with van der Waals surface area (Å²) in [7, 11) is 0. The number of aryl methyl sites for hydroxylation is 1. The van der Waals surface area contributed by atoms with Crippen LogP contribution < -0.4 is 15.7 Å². The first-order valence-corrected chi connectivity index (χ1v) is 7.69. The van der Waals surface area contributed by atoms with Crippen LogP contribution in [0.5, 0.6) is 5.75 Å². The Balaban J connectivity index is 1.56. The van der Waals surface area contributed by atoms with Gasteiger partial charge in [-0.05, 0) is 47.9 Å². The van der Waals surface area contributed by atoms with Gasteiger partial charge in [-0.2, -0.15) is 5.10 Å². The van der Waals surface area contributed by atoms with Crippen molar-refractivity contribution in [2.45, 2.75) is 13.5 Å². The number of H-pyrrole nitrogens is 1. The lowest BCUT2D eigenvalue weighted by atomic mass is 10.1. The van der Waals surface area contributed by atoms with Crippen LogP contribution in [0, 0.1) is 6.92 Å². The normalized spacial score (nSPS) is 10.8. The van der Waals surface area contributed by atoms with Crippen LogP contribution in [0.3, 0.4) is 0 Å². The highest BCUT2D eigenvalue weighted by atomic mass is 16.5. The predicted molar refractivity (Wildman–Crippen MR) is 95.8 cm³/mol. The molecule has 0 fully saturated rings. The molecule has 0 aliphatic carbocycles. The van der Waals surface area contributed by atoms with Crippen molar-refractivity contribution in [3.63, 3.8) is 0 Å². The Labute approximate surface area is 144 Å². The number of aromatic amines is 1. The van der Waals surface area contributed by atoms with Gasteiger partial charge in [0, 0.05) is 0 Å². The number of hydrogen-bond donors (Lipinski definition) is 2. The Hall–Kier alpha value is -3.48. The first-order valence-electron chi connectivity index (χ1n) is 7.69. The molecule has 0 atom stereocenters. The molecule has 7 nitrogen and oxygen atoms in total. The van der Waals surface area contributed by atoms with Gasteiger partial charge in [0.05, 0.1) is 6.21 Å². The lowest BCUT2D eigenvalue weighted by Gasteiger charge is -2.08. The summed E-state index contributed by atoms with van der Waals surface area (Å²) in [6, 6.07) is 15.7. The third-order valence-electron chi connectivity index (χ3n) is 3.49. The van der Waals surface area contributed by atoms with Crippen LogP contribution in [0.15, 0.2) is 64.6 Å². The van der Waals surface area contributed by atoms with Gasteiger partial charge in [-0.15, -0.1) is 10.2 Å². The summed E-state index contributed by atoms with van der Waals surface area (Å²) in [5, 5.41) is 11.2. The summed E-state index contributed by atoms with van der Waals surface area (Å²) in [6.45, 7) is 2.59. The van der Waals surface area contributed by atoms with E-state index in [1.54, 1.807) is 6.21 Å². The molecule has 1 heterocycles. The maximum Gasteiger partial charge on any atom is 0.271 e. The molecule has 3 rings (SSSR count). The van der Waals surface area contributed by atoms with Crippen molar-refractivity contribution in [2.75, 3.05) is 5.43 Å². The van der Waals surface area contributed by atoms with Gasteiger partial charge < -0.3 is 4.74 Å². The zero-order valence-corrected chi connectivity index (χ0v) is 13.6. The zero-order chi connectivity index (χ0) is 17.5. The topological polar surface area (TPSA) is 92.3 Å². The summed E-state index contributed by atoms with van der Waals surface area (Å²) >= 11 is 0. The Bertz CT molecular complexity index is 919. The molecule has 2 aromatic carbocycles. The number of ether oxygens (including phenoxy) is 1. The molecule has 0 amide bonds. The van der Waals surface area contributed by atoms with Gasteiger partial charge in [0.1, 0.15) is 18.6 Å². The van der Waals surface area contributed by atoms with Crippen LogP contribution in [0.25, 0.3) is 0 Å². The molecule has 0 bridgehead atoms. The van der Waals surface area contributed by atoms with Crippen molar-refractivity contribution in [3.05, 3.63) is 81.8 Å². The monoisotopic (exact) mass is 335 g/mol. The third kappa shape index (κ3) is 4.74. The van der Waals surface area contributed by atoms with E-state index in [2.05, 4.69) is 44.8 Å². The number of anilines is 1. The highest BCUT2D eigenvalue weighted by molar-refractivity contribution is 5.80. The Morgan fingerprint density at radius 2 is 2.00 bits per heavy atom. The van der Waals surface area contributed by atoms with Crippen molar-refractivity contribution in [2.24, 2.45) is 5.10 Å². The highest BCUT2D eigenvalue weighted by Gasteiger charge is 1.99. The summed E-state index contributed by atoms with van der Waals surface area (Å²) in [6.07, 6.45) is 2.70. The lowest BCUT2D eigenvalue weighted by Crippen LogP contribution is -2.10. The largest absolute Gasteiger partial charge is 0.489 e. The van der Waals surface area contributed by atoms with Gasteiger partial charge >= 0.3 is 0 Å². The van der Waals surface area contributed by atoms with E-state index in [0.717, 1.165) is 23.1 Å². The van der Waals surface area contributed by atoms with Crippen LogP contribution in [0.1, 0.15) is 16.7 Å². The molecule has 0 radical (unpaired) electrons. The minimum absolute atomic E-state index is 0.182. The second kappa shape index (κ2) is 7.87. The molecule has 7 heteroatoms. The fraction of sp³-hybridized carbons (Fsp3) is 0.111. The van der Waals surface area contributed by atoms with E-state index in [-0.39, 0.29) is 11.5 Å². The van der Waals surface area contributed by atoms with E-state index in [9.17, 15) is 4.79 Å². The van der Waals surface area contributed by atoms with Gasteiger partial charge in [-0.1, -0.05) is 24.3 Å². The van der Waals surface area contributed by atoms with E-state index < -0.39 is 0 Å². The van der Waals surface area contributed by atoms with E-state index in [1.165, 1.54) is 5.56 Å². The molecule has 0 aliphatic heterocycles. The van der Waals surface area contributed by atoms with Gasteiger partial charge in [0.25, 0.3) is 5.56 Å². The number of rotatable bonds is 6. The highest BCUT2D eigenvalue weighted by Crippen LogP contribution is 2.15. The van der Waals surface area contributed by atoms with Crippen molar-refractivity contribution in [3.8, 4) is 5.75 Å². The standard InChI is InChI=1S/C18H17N5O2/c1-13-4-2-3-5-15(13)12-25-16-8-6-14(7-9-16)10-19-22-18-21-17(24)11-20-23-18/h2-11H,12H2,1H3,(H2,21,22,23,24)/b19-10+. The van der Waals surface area contributed by atoms with Gasteiger partial charge in [0.2, 0.25) is 5.95 Å². The number of nitrogens with zero attached hydrogens (tertiary/aromatic N) is 3. The van der Waals surface area contributed by atoms with Crippen molar-refractivity contribution in [1.29, 1.82) is 0 Å². The Kier molecular flexibility index (Phi) is 5.16. The Morgan fingerprint density at radius 3 is 2.76 bits per heavy atom. The SMILES string of the molecule is Cc1ccccc1COc1ccc(/C=N/Nc2nncc(=O)[nH]2)cc1. The van der Waals surface area contributed by atoms with Crippen LogP contribution in [-0.2, 0) is 6.61 Å². The van der Waals surface area contributed by atoms with Crippen LogP contribution in [0.2, 0.25) is 0 Å². The maximum atomic E-state index is 11.1. The maximum absolute atomic E-state index is 11.1. The molecule has 0 aliphatic rings. The number of nitrogens with one attached hydrogen (secondary N) is 2. The molecule has 126 valence electrons. The summed E-state index contributed by atoms with van der Waals surface area (Å²) in [5.74, 6) is 0.966. The first kappa shape index (κ1) is 16.4. The van der Waals surface area contributed by atoms with Crippen molar-refractivity contribution < 1.29 is 4.74 Å². The predicted octanol–water partition coefficient (Wildman–Crippen LogP) is 2.50. The summed E-state index contributed by atoms with van der Waals surface area (Å²) in [5.41, 5.74) is 5.51. The van der Waals surface area contributed by atoms with Crippen molar-refractivity contribution in [1.82, 2.24) is 15.2 Å². The molecular weight excluding hydrogens is 318 g/mol. The second-order valence-corrected chi connectivity index (χ2v) is 5.34. The smallest absolute Gasteiger partial charge is 0.271 e. The summed E-state index contributed by atoms with van der Waals surface area (Å²) < 4.78 is 5.80. The molecule has 2 N–H and O–H groups in total. The van der Waals surface area contributed by atoms with Crippen LogP contribution >= 0.6 is 0 Å². The number of hydrazone groups is 1. The Morgan fingerprint density at radius 1 is 1.20 bits per heavy atom. The fourth-order valence-corrected chi connectivity index (χ4v) is 2.11. The van der Waals surface area contributed by atoms with E-state index in [1.807, 2.05) is 36.4 Å². The molecule has 0 saturated heterocycles. The van der Waals surface area contributed by atoms with Crippen molar-refractivity contribution >= 4 is 12.2 Å². The number of hydrogen-bond acceptors (Lipinski definition) is 6. The minimum atomic E-state index is -0.345. The first-order chi connectivity index (χ1) is 12.2. The molecule has 0 unspecified atom stereocenters. The molecule has 0 saturated carbocycles. The average Bonchev–Trinajstić information content (AvgIpc) is 2.62. The van der Waals surface area contributed by atoms with Gasteiger partial charge in [-0.25, -0.2) is 5.43 Å². The second-order valence-electron chi connectivity index (χ2n) is 5.34.